The van der Waals surface area contributed by atoms with E-state index in [1.54, 1.807) is 6.20 Å². The molecule has 0 bridgehead atoms. The Morgan fingerprint density at radius 2 is 2.29 bits per heavy atom. The number of pyridine rings is 1. The van der Waals surface area contributed by atoms with E-state index >= 15 is 0 Å². The van der Waals surface area contributed by atoms with Gasteiger partial charge in [0.05, 0.1) is 18.8 Å². The van der Waals surface area contributed by atoms with Gasteiger partial charge in [-0.3, -0.25) is 16.3 Å². The van der Waals surface area contributed by atoms with Crippen LogP contribution in [0.4, 0.5) is 0 Å². The number of nitrogens with two attached hydrogens (primary N) is 1. The van der Waals surface area contributed by atoms with Crippen LogP contribution in [0.2, 0.25) is 0 Å². The zero-order valence-electron chi connectivity index (χ0n) is 10.6. The Morgan fingerprint density at radius 3 is 2.88 bits per heavy atom. The Labute approximate surface area is 103 Å². The SMILES string of the molecule is CCCOc1cncc(C(NN)C2(C)CC2)c1. The van der Waals surface area contributed by atoms with Crippen LogP contribution in [0, 0.1) is 5.41 Å². The lowest BCUT2D eigenvalue weighted by Crippen LogP contribution is -2.33. The molecule has 1 fully saturated rings. The molecular formula is C13H21N3O. The van der Waals surface area contributed by atoms with Gasteiger partial charge in [-0.15, -0.1) is 0 Å². The molecule has 1 aliphatic rings. The highest BCUT2D eigenvalue weighted by molar-refractivity contribution is 5.28. The second kappa shape index (κ2) is 5.02. The molecule has 0 aliphatic heterocycles. The van der Waals surface area contributed by atoms with E-state index in [1.165, 1.54) is 12.8 Å². The largest absolute Gasteiger partial charge is 0.492 e. The highest BCUT2D eigenvalue weighted by atomic mass is 16.5. The maximum Gasteiger partial charge on any atom is 0.137 e. The first-order chi connectivity index (χ1) is 8.19. The first-order valence-electron chi connectivity index (χ1n) is 6.23. The average Bonchev–Trinajstić information content (AvgIpc) is 3.07. The normalized spacial score (nSPS) is 18.8. The molecule has 1 saturated carbocycles. The number of nitrogens with zero attached hydrogens (tertiary/aromatic N) is 1. The van der Waals surface area contributed by atoms with Gasteiger partial charge < -0.3 is 4.74 Å². The fourth-order valence-electron chi connectivity index (χ4n) is 2.08. The van der Waals surface area contributed by atoms with Crippen LogP contribution in [-0.2, 0) is 0 Å². The van der Waals surface area contributed by atoms with Gasteiger partial charge in [-0.25, -0.2) is 0 Å². The first kappa shape index (κ1) is 12.3. The minimum Gasteiger partial charge on any atom is -0.492 e. The highest BCUT2D eigenvalue weighted by Gasteiger charge is 2.45. The van der Waals surface area contributed by atoms with Crippen LogP contribution in [-0.4, -0.2) is 11.6 Å². The standard InChI is InChI=1S/C13H21N3O/c1-3-6-17-11-7-10(8-15-9-11)12(16-14)13(2)4-5-13/h7-9,12,16H,3-6,14H2,1-2H3. The fraction of sp³-hybridized carbons (Fsp3) is 0.615. The Hall–Kier alpha value is -1.13. The van der Waals surface area contributed by atoms with Crippen LogP contribution >= 0.6 is 0 Å². The van der Waals surface area contributed by atoms with Crippen LogP contribution in [0.25, 0.3) is 0 Å². The lowest BCUT2D eigenvalue weighted by molar-refractivity contribution is 0.313. The summed E-state index contributed by atoms with van der Waals surface area (Å²) in [4.78, 5) is 4.23. The zero-order chi connectivity index (χ0) is 12.3. The lowest BCUT2D eigenvalue weighted by Gasteiger charge is -2.23. The molecule has 0 spiro atoms. The molecule has 94 valence electrons. The molecule has 3 N–H and O–H groups in total. The number of hydrazine groups is 1. The molecular weight excluding hydrogens is 214 g/mol. The molecule has 1 aliphatic carbocycles. The number of ether oxygens (including phenoxy) is 1. The second-order valence-electron chi connectivity index (χ2n) is 5.06. The van der Waals surface area contributed by atoms with Gasteiger partial charge >= 0.3 is 0 Å². The second-order valence-corrected chi connectivity index (χ2v) is 5.06. The molecule has 2 rings (SSSR count). The van der Waals surface area contributed by atoms with Crippen LogP contribution in [0.5, 0.6) is 5.75 Å². The predicted octanol–water partition coefficient (Wildman–Crippen LogP) is 2.17. The van der Waals surface area contributed by atoms with Gasteiger partial charge in [-0.2, -0.15) is 0 Å². The smallest absolute Gasteiger partial charge is 0.137 e. The Morgan fingerprint density at radius 1 is 1.53 bits per heavy atom. The maximum absolute atomic E-state index is 5.66. The lowest BCUT2D eigenvalue weighted by atomic mass is 9.93. The summed E-state index contributed by atoms with van der Waals surface area (Å²) in [6, 6.07) is 2.21. The third-order valence-electron chi connectivity index (χ3n) is 3.44. The third kappa shape index (κ3) is 2.76. The molecule has 0 amide bonds. The maximum atomic E-state index is 5.66. The molecule has 1 heterocycles. The molecule has 1 atom stereocenters. The van der Waals surface area contributed by atoms with Crippen molar-refractivity contribution in [3.63, 3.8) is 0 Å². The van der Waals surface area contributed by atoms with Gasteiger partial charge in [0.25, 0.3) is 0 Å². The van der Waals surface area contributed by atoms with Crippen LogP contribution < -0.4 is 16.0 Å². The van der Waals surface area contributed by atoms with Crippen molar-refractivity contribution >= 4 is 0 Å². The van der Waals surface area contributed by atoms with E-state index in [4.69, 9.17) is 10.6 Å². The predicted molar refractivity (Wildman–Crippen MR) is 67.4 cm³/mol. The van der Waals surface area contributed by atoms with Crippen LogP contribution in [0.3, 0.4) is 0 Å². The summed E-state index contributed by atoms with van der Waals surface area (Å²) in [5.41, 5.74) is 4.30. The Bertz CT molecular complexity index is 377. The van der Waals surface area contributed by atoms with Gasteiger partial charge in [-0.1, -0.05) is 13.8 Å². The quantitative estimate of drug-likeness (QED) is 0.586. The molecule has 1 aromatic heterocycles. The fourth-order valence-corrected chi connectivity index (χ4v) is 2.08. The van der Waals surface area contributed by atoms with Crippen molar-refractivity contribution < 1.29 is 4.74 Å². The van der Waals surface area contributed by atoms with Crippen LogP contribution in [0.1, 0.15) is 44.7 Å². The molecule has 0 aromatic carbocycles. The van der Waals surface area contributed by atoms with Crippen molar-refractivity contribution in [3.8, 4) is 5.75 Å². The van der Waals surface area contributed by atoms with Crippen LogP contribution in [0.15, 0.2) is 18.5 Å². The number of hydrogen-bond acceptors (Lipinski definition) is 4. The van der Waals surface area contributed by atoms with Crippen molar-refractivity contribution in [2.45, 2.75) is 39.2 Å². The number of hydrogen-bond donors (Lipinski definition) is 2. The van der Waals surface area contributed by atoms with Gasteiger partial charge in [0.2, 0.25) is 0 Å². The first-order valence-corrected chi connectivity index (χ1v) is 6.23. The van der Waals surface area contributed by atoms with E-state index in [-0.39, 0.29) is 11.5 Å². The number of nitrogens with one attached hydrogen (secondary N) is 1. The van der Waals surface area contributed by atoms with Gasteiger partial charge in [-0.05, 0) is 36.3 Å². The minimum atomic E-state index is 0.167. The molecule has 1 unspecified atom stereocenters. The summed E-state index contributed by atoms with van der Waals surface area (Å²) >= 11 is 0. The third-order valence-corrected chi connectivity index (χ3v) is 3.44. The summed E-state index contributed by atoms with van der Waals surface area (Å²) < 4.78 is 5.59. The Kier molecular flexibility index (Phi) is 3.64. The summed E-state index contributed by atoms with van der Waals surface area (Å²) in [6.07, 6.45) is 7.04. The van der Waals surface area contributed by atoms with Crippen molar-refractivity contribution in [3.05, 3.63) is 24.0 Å². The molecule has 4 nitrogen and oxygen atoms in total. The molecule has 0 saturated heterocycles. The van der Waals surface area contributed by atoms with Gasteiger partial charge in [0, 0.05) is 6.20 Å². The van der Waals surface area contributed by atoms with E-state index in [1.807, 2.05) is 12.3 Å². The van der Waals surface area contributed by atoms with E-state index in [9.17, 15) is 0 Å². The number of rotatable bonds is 6. The summed E-state index contributed by atoms with van der Waals surface area (Å²) in [5, 5.41) is 0. The average molecular weight is 235 g/mol. The Balaban J connectivity index is 2.13. The highest BCUT2D eigenvalue weighted by Crippen LogP contribution is 2.54. The molecule has 4 heteroatoms. The van der Waals surface area contributed by atoms with E-state index in [2.05, 4.69) is 24.3 Å². The topological polar surface area (TPSA) is 60.2 Å². The van der Waals surface area contributed by atoms with Crippen molar-refractivity contribution in [1.82, 2.24) is 10.4 Å². The van der Waals surface area contributed by atoms with E-state index < -0.39 is 0 Å². The zero-order valence-corrected chi connectivity index (χ0v) is 10.6. The van der Waals surface area contributed by atoms with Crippen molar-refractivity contribution in [1.29, 1.82) is 0 Å². The summed E-state index contributed by atoms with van der Waals surface area (Å²) in [5.74, 6) is 6.49. The minimum absolute atomic E-state index is 0.167. The monoisotopic (exact) mass is 235 g/mol. The van der Waals surface area contributed by atoms with Crippen molar-refractivity contribution in [2.24, 2.45) is 11.3 Å². The molecule has 17 heavy (non-hydrogen) atoms. The van der Waals surface area contributed by atoms with E-state index in [0.717, 1.165) is 24.3 Å². The number of aromatic nitrogens is 1. The summed E-state index contributed by atoms with van der Waals surface area (Å²) in [7, 11) is 0. The summed E-state index contributed by atoms with van der Waals surface area (Å²) in [6.45, 7) is 5.06. The molecule has 0 radical (unpaired) electrons. The van der Waals surface area contributed by atoms with Gasteiger partial charge in [0.1, 0.15) is 5.75 Å². The van der Waals surface area contributed by atoms with Gasteiger partial charge in [0.15, 0.2) is 0 Å². The molecule has 1 aromatic rings. The van der Waals surface area contributed by atoms with E-state index in [0.29, 0.717) is 0 Å². The van der Waals surface area contributed by atoms with Crippen molar-refractivity contribution in [2.75, 3.05) is 6.61 Å².